The van der Waals surface area contributed by atoms with Gasteiger partial charge in [0.2, 0.25) is 5.89 Å². The van der Waals surface area contributed by atoms with Crippen LogP contribution in [0.4, 0.5) is 10.5 Å². The summed E-state index contributed by atoms with van der Waals surface area (Å²) < 4.78 is 5.42. The second kappa shape index (κ2) is 6.28. The predicted octanol–water partition coefficient (Wildman–Crippen LogP) is 3.24. The minimum atomic E-state index is -0.574. The van der Waals surface area contributed by atoms with E-state index in [1.807, 2.05) is 39.0 Å². The minimum Gasteiger partial charge on any atom is -0.444 e. The van der Waals surface area contributed by atoms with E-state index >= 15 is 0 Å². The molecule has 1 unspecified atom stereocenters. The summed E-state index contributed by atoms with van der Waals surface area (Å²) in [6.07, 6.45) is 3.67. The molecule has 1 aliphatic rings. The number of aromatic nitrogens is 1. The Morgan fingerprint density at radius 2 is 2.17 bits per heavy atom. The smallest absolute Gasteiger partial charge is 0.319 e. The van der Waals surface area contributed by atoms with Crippen molar-refractivity contribution in [1.82, 2.24) is 10.3 Å². The quantitative estimate of drug-likeness (QED) is 0.786. The fourth-order valence-corrected chi connectivity index (χ4v) is 2.78. The van der Waals surface area contributed by atoms with E-state index < -0.39 is 5.54 Å². The molecule has 3 rings (SSSR count). The maximum absolute atomic E-state index is 12.4. The van der Waals surface area contributed by atoms with E-state index in [4.69, 9.17) is 4.42 Å². The standard InChI is InChI=1S/C18H23N3O3/c1-11-4-5-13(16-19-12(2)9-24-16)8-15(11)20-17(23)21-18(3,10-22)14-6-7-14/h4-5,8-9,14,22H,6-7,10H2,1-3H3,(H2,20,21,23). The molecule has 1 fully saturated rings. The topological polar surface area (TPSA) is 87.4 Å². The molecule has 2 aromatic rings. The molecule has 128 valence electrons. The SMILES string of the molecule is Cc1coc(-c2ccc(C)c(NC(=O)NC(C)(CO)C3CC3)c2)n1. The van der Waals surface area contributed by atoms with Crippen molar-refractivity contribution in [3.05, 3.63) is 35.7 Å². The molecular weight excluding hydrogens is 306 g/mol. The lowest BCUT2D eigenvalue weighted by Gasteiger charge is -2.29. The van der Waals surface area contributed by atoms with Crippen LogP contribution in [0.2, 0.25) is 0 Å². The predicted molar refractivity (Wildman–Crippen MR) is 91.8 cm³/mol. The van der Waals surface area contributed by atoms with Crippen LogP contribution in [-0.2, 0) is 0 Å². The number of amides is 2. The molecule has 0 radical (unpaired) electrons. The van der Waals surface area contributed by atoms with Gasteiger partial charge in [-0.3, -0.25) is 0 Å². The molecule has 0 spiro atoms. The molecule has 0 bridgehead atoms. The second-order valence-electron chi connectivity index (χ2n) is 6.75. The van der Waals surface area contributed by atoms with Gasteiger partial charge in [0, 0.05) is 11.3 Å². The number of rotatable bonds is 5. The van der Waals surface area contributed by atoms with Gasteiger partial charge in [-0.1, -0.05) is 6.07 Å². The first-order valence-corrected chi connectivity index (χ1v) is 8.14. The van der Waals surface area contributed by atoms with Gasteiger partial charge in [0.15, 0.2) is 0 Å². The Morgan fingerprint density at radius 1 is 1.42 bits per heavy atom. The zero-order chi connectivity index (χ0) is 17.3. The second-order valence-corrected chi connectivity index (χ2v) is 6.75. The van der Waals surface area contributed by atoms with Crippen LogP contribution in [0.15, 0.2) is 28.9 Å². The highest BCUT2D eigenvalue weighted by Crippen LogP contribution is 2.39. The van der Waals surface area contributed by atoms with Crippen molar-refractivity contribution in [2.45, 2.75) is 39.2 Å². The Hall–Kier alpha value is -2.34. The fourth-order valence-electron chi connectivity index (χ4n) is 2.78. The van der Waals surface area contributed by atoms with Crippen molar-refractivity contribution in [3.63, 3.8) is 0 Å². The monoisotopic (exact) mass is 329 g/mol. The first-order chi connectivity index (χ1) is 11.4. The Bertz CT molecular complexity index is 752. The Morgan fingerprint density at radius 3 is 2.75 bits per heavy atom. The third-order valence-corrected chi connectivity index (χ3v) is 4.56. The van der Waals surface area contributed by atoms with E-state index in [0.29, 0.717) is 17.5 Å². The van der Waals surface area contributed by atoms with Gasteiger partial charge >= 0.3 is 6.03 Å². The van der Waals surface area contributed by atoms with Crippen LogP contribution in [-0.4, -0.2) is 28.3 Å². The molecule has 1 atom stereocenters. The molecule has 0 aliphatic heterocycles. The number of aliphatic hydroxyl groups excluding tert-OH is 1. The highest BCUT2D eigenvalue weighted by Gasteiger charge is 2.42. The van der Waals surface area contributed by atoms with Gasteiger partial charge in [-0.25, -0.2) is 9.78 Å². The van der Waals surface area contributed by atoms with Crippen molar-refractivity contribution in [2.75, 3.05) is 11.9 Å². The number of carbonyl (C=O) groups excluding carboxylic acids is 1. The van der Waals surface area contributed by atoms with Crippen molar-refractivity contribution in [3.8, 4) is 11.5 Å². The summed E-state index contributed by atoms with van der Waals surface area (Å²) in [5.41, 5.74) is 2.67. The number of urea groups is 1. The molecule has 6 nitrogen and oxygen atoms in total. The number of aryl methyl sites for hydroxylation is 2. The van der Waals surface area contributed by atoms with Gasteiger partial charge in [-0.15, -0.1) is 0 Å². The van der Waals surface area contributed by atoms with Crippen molar-refractivity contribution in [2.24, 2.45) is 5.92 Å². The molecule has 1 aliphatic carbocycles. The third-order valence-electron chi connectivity index (χ3n) is 4.56. The number of oxazole rings is 1. The average Bonchev–Trinajstić information content (AvgIpc) is 3.32. The molecule has 1 aromatic heterocycles. The lowest BCUT2D eigenvalue weighted by molar-refractivity contribution is 0.159. The zero-order valence-corrected chi connectivity index (χ0v) is 14.2. The van der Waals surface area contributed by atoms with Gasteiger partial charge in [0.25, 0.3) is 0 Å². The summed E-state index contributed by atoms with van der Waals surface area (Å²) in [6.45, 7) is 5.59. The number of nitrogens with one attached hydrogen (secondary N) is 2. The molecule has 2 amide bonds. The highest BCUT2D eigenvalue weighted by atomic mass is 16.3. The minimum absolute atomic E-state index is 0.0697. The summed E-state index contributed by atoms with van der Waals surface area (Å²) in [5, 5.41) is 15.4. The normalized spacial score (nSPS) is 16.5. The van der Waals surface area contributed by atoms with Crippen LogP contribution in [0.5, 0.6) is 0 Å². The molecule has 1 heterocycles. The van der Waals surface area contributed by atoms with Crippen LogP contribution >= 0.6 is 0 Å². The summed E-state index contributed by atoms with van der Waals surface area (Å²) in [5.74, 6) is 0.866. The molecular formula is C18H23N3O3. The van der Waals surface area contributed by atoms with E-state index in [9.17, 15) is 9.90 Å². The van der Waals surface area contributed by atoms with Crippen LogP contribution in [0.25, 0.3) is 11.5 Å². The molecule has 1 aromatic carbocycles. The van der Waals surface area contributed by atoms with Crippen LogP contribution in [0.1, 0.15) is 31.0 Å². The lowest BCUT2D eigenvalue weighted by atomic mass is 9.97. The number of aliphatic hydroxyl groups is 1. The lowest BCUT2D eigenvalue weighted by Crippen LogP contribution is -2.52. The fraction of sp³-hybridized carbons (Fsp3) is 0.444. The van der Waals surface area contributed by atoms with E-state index in [1.54, 1.807) is 6.26 Å². The van der Waals surface area contributed by atoms with Crippen molar-refractivity contribution in [1.29, 1.82) is 0 Å². The number of hydrogen-bond donors (Lipinski definition) is 3. The van der Waals surface area contributed by atoms with Crippen molar-refractivity contribution < 1.29 is 14.3 Å². The van der Waals surface area contributed by atoms with Crippen molar-refractivity contribution >= 4 is 11.7 Å². The Kier molecular flexibility index (Phi) is 4.32. The van der Waals surface area contributed by atoms with Gasteiger partial charge < -0.3 is 20.2 Å². The molecule has 3 N–H and O–H groups in total. The summed E-state index contributed by atoms with van der Waals surface area (Å²) in [6, 6.07) is 5.35. The summed E-state index contributed by atoms with van der Waals surface area (Å²) in [4.78, 5) is 16.7. The first kappa shape index (κ1) is 16.5. The zero-order valence-electron chi connectivity index (χ0n) is 14.2. The molecule has 6 heteroatoms. The van der Waals surface area contributed by atoms with E-state index in [0.717, 1.165) is 29.7 Å². The van der Waals surface area contributed by atoms with Gasteiger partial charge in [0.05, 0.1) is 17.8 Å². The maximum Gasteiger partial charge on any atom is 0.319 e. The number of benzene rings is 1. The Balaban J connectivity index is 1.75. The molecule has 24 heavy (non-hydrogen) atoms. The third kappa shape index (κ3) is 3.43. The number of carbonyl (C=O) groups is 1. The number of anilines is 1. The Labute approximate surface area is 141 Å². The van der Waals surface area contributed by atoms with E-state index in [-0.39, 0.29) is 12.6 Å². The van der Waals surface area contributed by atoms with E-state index in [1.165, 1.54) is 0 Å². The number of hydrogen-bond acceptors (Lipinski definition) is 4. The highest BCUT2D eigenvalue weighted by molar-refractivity contribution is 5.91. The molecule has 0 saturated heterocycles. The van der Waals surface area contributed by atoms with Gasteiger partial charge in [-0.05, 0) is 57.2 Å². The summed E-state index contributed by atoms with van der Waals surface area (Å²) in [7, 11) is 0. The van der Waals surface area contributed by atoms with Crippen LogP contribution in [0, 0.1) is 19.8 Å². The van der Waals surface area contributed by atoms with E-state index in [2.05, 4.69) is 15.6 Å². The maximum atomic E-state index is 12.4. The number of nitrogens with zero attached hydrogens (tertiary/aromatic N) is 1. The largest absolute Gasteiger partial charge is 0.444 e. The van der Waals surface area contributed by atoms with Gasteiger partial charge in [0.1, 0.15) is 6.26 Å². The molecule has 1 saturated carbocycles. The van der Waals surface area contributed by atoms with Crippen LogP contribution < -0.4 is 10.6 Å². The first-order valence-electron chi connectivity index (χ1n) is 8.14. The summed E-state index contributed by atoms with van der Waals surface area (Å²) >= 11 is 0. The van der Waals surface area contributed by atoms with Gasteiger partial charge in [-0.2, -0.15) is 0 Å². The van der Waals surface area contributed by atoms with Crippen LogP contribution in [0.3, 0.4) is 0 Å². The average molecular weight is 329 g/mol.